The molecular formula is C58H112O6. The molecule has 0 N–H and O–H groups in total. The van der Waals surface area contributed by atoms with Gasteiger partial charge in [0.1, 0.15) is 13.2 Å². The van der Waals surface area contributed by atoms with Crippen molar-refractivity contribution in [1.82, 2.24) is 0 Å². The zero-order chi connectivity index (χ0) is 46.7. The van der Waals surface area contributed by atoms with Crippen molar-refractivity contribution in [2.24, 2.45) is 5.92 Å². The molecule has 0 saturated heterocycles. The summed E-state index contributed by atoms with van der Waals surface area (Å²) in [4.78, 5) is 38.1. The second-order valence-electron chi connectivity index (χ2n) is 20.4. The summed E-state index contributed by atoms with van der Waals surface area (Å²) in [6, 6.07) is 0. The van der Waals surface area contributed by atoms with E-state index in [0.717, 1.165) is 63.7 Å². The van der Waals surface area contributed by atoms with Gasteiger partial charge in [0.2, 0.25) is 0 Å². The molecule has 64 heavy (non-hydrogen) atoms. The number of rotatable bonds is 53. The molecule has 0 aliphatic heterocycles. The van der Waals surface area contributed by atoms with E-state index in [9.17, 15) is 14.4 Å². The van der Waals surface area contributed by atoms with Crippen molar-refractivity contribution in [3.05, 3.63) is 0 Å². The normalized spacial score (nSPS) is 12.0. The highest BCUT2D eigenvalue weighted by Gasteiger charge is 2.19. The van der Waals surface area contributed by atoms with Crippen LogP contribution in [0.1, 0.15) is 329 Å². The molecule has 0 heterocycles. The number of esters is 3. The second-order valence-corrected chi connectivity index (χ2v) is 20.4. The van der Waals surface area contributed by atoms with E-state index >= 15 is 0 Å². The Morgan fingerprint density at radius 2 is 0.516 bits per heavy atom. The second kappa shape index (κ2) is 52.4. The molecule has 380 valence electrons. The van der Waals surface area contributed by atoms with Crippen molar-refractivity contribution < 1.29 is 28.6 Å². The van der Waals surface area contributed by atoms with Crippen LogP contribution >= 0.6 is 0 Å². The molecule has 0 radical (unpaired) electrons. The number of hydrogen-bond acceptors (Lipinski definition) is 6. The third-order valence-corrected chi connectivity index (χ3v) is 13.3. The monoisotopic (exact) mass is 905 g/mol. The van der Waals surface area contributed by atoms with E-state index in [1.807, 2.05) is 0 Å². The van der Waals surface area contributed by atoms with Gasteiger partial charge in [-0.25, -0.2) is 0 Å². The van der Waals surface area contributed by atoms with Gasteiger partial charge in [0.05, 0.1) is 0 Å². The first-order chi connectivity index (χ1) is 31.4. The van der Waals surface area contributed by atoms with E-state index in [2.05, 4.69) is 27.7 Å². The Bertz CT molecular complexity index is 964. The molecule has 0 rings (SSSR count). The number of carbonyl (C=O) groups is 3. The van der Waals surface area contributed by atoms with Gasteiger partial charge in [-0.2, -0.15) is 0 Å². The van der Waals surface area contributed by atoms with Crippen LogP contribution in [0.3, 0.4) is 0 Å². The molecule has 6 heteroatoms. The number of hydrogen-bond donors (Lipinski definition) is 0. The smallest absolute Gasteiger partial charge is 0.306 e. The average Bonchev–Trinajstić information content (AvgIpc) is 3.28. The van der Waals surface area contributed by atoms with Crippen molar-refractivity contribution in [2.45, 2.75) is 336 Å². The Balaban J connectivity index is 4.26. The lowest BCUT2D eigenvalue weighted by molar-refractivity contribution is -0.167. The van der Waals surface area contributed by atoms with Crippen LogP contribution in [-0.2, 0) is 28.6 Å². The topological polar surface area (TPSA) is 78.9 Å². The van der Waals surface area contributed by atoms with Gasteiger partial charge < -0.3 is 14.2 Å². The molecule has 0 saturated carbocycles. The fourth-order valence-corrected chi connectivity index (χ4v) is 8.92. The molecular weight excluding hydrogens is 793 g/mol. The Labute approximate surface area is 399 Å². The maximum absolute atomic E-state index is 12.8. The first-order valence-electron chi connectivity index (χ1n) is 28.9. The summed E-state index contributed by atoms with van der Waals surface area (Å²) in [5.74, 6) is -0.0210. The maximum Gasteiger partial charge on any atom is 0.306 e. The highest BCUT2D eigenvalue weighted by molar-refractivity contribution is 5.71. The third kappa shape index (κ3) is 51.4. The standard InChI is InChI=1S/C58H112O6/c1-5-7-9-11-13-15-17-19-21-22-23-24-25-27-29-34-38-42-46-50-57(60)63-53-55(64-58(61)51-47-43-39-35-31-30-32-36-40-44-48-54(3)4)52-62-56(59)49-45-41-37-33-28-26-20-18-16-14-12-10-8-6-2/h54-55H,5-53H2,1-4H3/t55-/m1/s1. The van der Waals surface area contributed by atoms with E-state index in [0.29, 0.717) is 19.3 Å². The predicted octanol–water partition coefficient (Wildman–Crippen LogP) is 19.0. The number of carbonyl (C=O) groups excluding carboxylic acids is 3. The van der Waals surface area contributed by atoms with Crippen LogP contribution in [0.15, 0.2) is 0 Å². The van der Waals surface area contributed by atoms with Gasteiger partial charge in [0, 0.05) is 19.3 Å². The zero-order valence-electron chi connectivity index (χ0n) is 43.8. The summed E-state index contributed by atoms with van der Waals surface area (Å²) in [6.07, 6.45) is 56.7. The van der Waals surface area contributed by atoms with E-state index in [1.165, 1.54) is 225 Å². The molecule has 0 bridgehead atoms. The highest BCUT2D eigenvalue weighted by atomic mass is 16.6. The molecule has 0 aromatic carbocycles. The van der Waals surface area contributed by atoms with Gasteiger partial charge in [-0.1, -0.05) is 291 Å². The van der Waals surface area contributed by atoms with Crippen LogP contribution in [0.4, 0.5) is 0 Å². The predicted molar refractivity (Wildman–Crippen MR) is 275 cm³/mol. The molecule has 0 unspecified atom stereocenters. The van der Waals surface area contributed by atoms with E-state index in [4.69, 9.17) is 14.2 Å². The Morgan fingerprint density at radius 1 is 0.297 bits per heavy atom. The third-order valence-electron chi connectivity index (χ3n) is 13.3. The van der Waals surface area contributed by atoms with Crippen LogP contribution in [-0.4, -0.2) is 37.2 Å². The summed E-state index contributed by atoms with van der Waals surface area (Å²) in [5.41, 5.74) is 0. The van der Waals surface area contributed by atoms with E-state index in [-0.39, 0.29) is 31.1 Å². The molecule has 0 spiro atoms. The summed E-state index contributed by atoms with van der Waals surface area (Å²) in [6.45, 7) is 9.04. The van der Waals surface area contributed by atoms with Crippen molar-refractivity contribution in [3.63, 3.8) is 0 Å². The minimum absolute atomic E-state index is 0.0622. The van der Waals surface area contributed by atoms with Crippen LogP contribution in [0.25, 0.3) is 0 Å². The molecule has 0 aliphatic rings. The quantitative estimate of drug-likeness (QED) is 0.0344. The number of unbranched alkanes of at least 4 members (excludes halogenated alkanes) is 40. The molecule has 0 aromatic heterocycles. The largest absolute Gasteiger partial charge is 0.462 e. The van der Waals surface area contributed by atoms with Gasteiger partial charge in [0.25, 0.3) is 0 Å². The highest BCUT2D eigenvalue weighted by Crippen LogP contribution is 2.18. The minimum Gasteiger partial charge on any atom is -0.462 e. The SMILES string of the molecule is CCCCCCCCCCCCCCCCCCCCCC(=O)OC[C@@H](COC(=O)CCCCCCCCCCCCCCCC)OC(=O)CCCCCCCCCCCCC(C)C. The fraction of sp³-hybridized carbons (Fsp3) is 0.948. The van der Waals surface area contributed by atoms with Crippen molar-refractivity contribution in [2.75, 3.05) is 13.2 Å². The molecule has 0 fully saturated rings. The van der Waals surface area contributed by atoms with Crippen molar-refractivity contribution >= 4 is 17.9 Å². The molecule has 0 aliphatic carbocycles. The van der Waals surface area contributed by atoms with Crippen LogP contribution in [0, 0.1) is 5.92 Å². The zero-order valence-corrected chi connectivity index (χ0v) is 43.8. The lowest BCUT2D eigenvalue weighted by Crippen LogP contribution is -2.30. The first-order valence-corrected chi connectivity index (χ1v) is 28.9. The molecule has 1 atom stereocenters. The molecule has 6 nitrogen and oxygen atoms in total. The molecule has 0 aromatic rings. The summed E-state index contributed by atoms with van der Waals surface area (Å²) in [5, 5.41) is 0. The molecule has 0 amide bonds. The maximum atomic E-state index is 12.8. The summed E-state index contributed by atoms with van der Waals surface area (Å²) >= 11 is 0. The minimum atomic E-state index is -0.762. The summed E-state index contributed by atoms with van der Waals surface area (Å²) < 4.78 is 16.9. The summed E-state index contributed by atoms with van der Waals surface area (Å²) in [7, 11) is 0. The van der Waals surface area contributed by atoms with Gasteiger partial charge in [-0.15, -0.1) is 0 Å². The van der Waals surface area contributed by atoms with E-state index < -0.39 is 6.10 Å². The Morgan fingerprint density at radius 3 is 0.766 bits per heavy atom. The van der Waals surface area contributed by atoms with E-state index in [1.54, 1.807) is 0 Å². The first kappa shape index (κ1) is 62.4. The van der Waals surface area contributed by atoms with Crippen LogP contribution < -0.4 is 0 Å². The van der Waals surface area contributed by atoms with Crippen LogP contribution in [0.5, 0.6) is 0 Å². The van der Waals surface area contributed by atoms with Crippen molar-refractivity contribution in [1.29, 1.82) is 0 Å². The van der Waals surface area contributed by atoms with Crippen LogP contribution in [0.2, 0.25) is 0 Å². The average molecular weight is 906 g/mol. The van der Waals surface area contributed by atoms with Gasteiger partial charge >= 0.3 is 17.9 Å². The Kier molecular flexibility index (Phi) is 51.1. The van der Waals surface area contributed by atoms with Gasteiger partial charge in [-0.3, -0.25) is 14.4 Å². The van der Waals surface area contributed by atoms with Crippen molar-refractivity contribution in [3.8, 4) is 0 Å². The van der Waals surface area contributed by atoms with Gasteiger partial charge in [0.15, 0.2) is 6.10 Å². The lowest BCUT2D eigenvalue weighted by atomic mass is 10.0. The fourth-order valence-electron chi connectivity index (χ4n) is 8.92. The Hall–Kier alpha value is -1.59. The van der Waals surface area contributed by atoms with Gasteiger partial charge in [-0.05, 0) is 25.2 Å². The number of ether oxygens (including phenoxy) is 3. The lowest BCUT2D eigenvalue weighted by Gasteiger charge is -2.18.